The largest absolute Gasteiger partial charge is 0.464 e. The average molecular weight is 397 g/mol. The lowest BCUT2D eigenvalue weighted by Gasteiger charge is -2.19. The number of carbonyl (C=O) groups excluding carboxylic acids is 2. The molecule has 8 heteroatoms. The fourth-order valence-electron chi connectivity index (χ4n) is 2.62. The van der Waals surface area contributed by atoms with Crippen molar-refractivity contribution in [1.82, 2.24) is 14.9 Å². The van der Waals surface area contributed by atoms with Gasteiger partial charge in [-0.05, 0) is 57.2 Å². The molecule has 0 saturated heterocycles. The van der Waals surface area contributed by atoms with Crippen LogP contribution in [0.2, 0.25) is 0 Å². The van der Waals surface area contributed by atoms with Gasteiger partial charge in [-0.3, -0.25) is 0 Å². The van der Waals surface area contributed by atoms with Crippen molar-refractivity contribution >= 4 is 12.1 Å². The van der Waals surface area contributed by atoms with Crippen LogP contribution in [-0.4, -0.2) is 34.3 Å². The first-order valence-electron chi connectivity index (χ1n) is 9.05. The molecule has 0 unspecified atom stereocenters. The molecule has 3 aromatic rings. The maximum absolute atomic E-state index is 12.1. The van der Waals surface area contributed by atoms with Crippen LogP contribution in [0.4, 0.5) is 4.79 Å². The standard InChI is InChI=1S/C21H23N3O5/c1-21(2,3)29-20(26)22-13-16-23-17(19(25)27-4)18(28-16)14-7-9-15(10-8-14)24-11-5-6-12-24/h5-12H,13H2,1-4H3,(H,22,26). The van der Waals surface area contributed by atoms with Crippen LogP contribution in [0.15, 0.2) is 53.2 Å². The van der Waals surface area contributed by atoms with Crippen LogP contribution in [0.25, 0.3) is 17.0 Å². The summed E-state index contributed by atoms with van der Waals surface area (Å²) >= 11 is 0. The fourth-order valence-corrected chi connectivity index (χ4v) is 2.62. The molecule has 0 aliphatic heterocycles. The van der Waals surface area contributed by atoms with Crippen molar-refractivity contribution in [2.24, 2.45) is 0 Å². The number of ether oxygens (including phenoxy) is 2. The fraction of sp³-hybridized carbons (Fsp3) is 0.286. The summed E-state index contributed by atoms with van der Waals surface area (Å²) in [5, 5.41) is 2.56. The van der Waals surface area contributed by atoms with Gasteiger partial charge in [-0.25, -0.2) is 14.6 Å². The maximum Gasteiger partial charge on any atom is 0.408 e. The highest BCUT2D eigenvalue weighted by Crippen LogP contribution is 2.27. The van der Waals surface area contributed by atoms with Crippen LogP contribution >= 0.6 is 0 Å². The topological polar surface area (TPSA) is 95.6 Å². The Morgan fingerprint density at radius 3 is 2.38 bits per heavy atom. The molecule has 2 aromatic heterocycles. The number of nitrogens with one attached hydrogen (secondary N) is 1. The Morgan fingerprint density at radius 2 is 1.79 bits per heavy atom. The molecule has 1 aromatic carbocycles. The number of alkyl carbamates (subject to hydrolysis) is 1. The molecular weight excluding hydrogens is 374 g/mol. The van der Waals surface area contributed by atoms with E-state index in [0.29, 0.717) is 5.56 Å². The molecule has 0 radical (unpaired) electrons. The van der Waals surface area contributed by atoms with Crippen molar-refractivity contribution in [3.05, 3.63) is 60.4 Å². The summed E-state index contributed by atoms with van der Waals surface area (Å²) in [6, 6.07) is 11.3. The van der Waals surface area contributed by atoms with E-state index in [0.717, 1.165) is 5.69 Å². The first-order chi connectivity index (χ1) is 13.8. The summed E-state index contributed by atoms with van der Waals surface area (Å²) in [7, 11) is 1.27. The third kappa shape index (κ3) is 5.04. The second kappa shape index (κ2) is 8.22. The Hall–Kier alpha value is -3.55. The van der Waals surface area contributed by atoms with Crippen molar-refractivity contribution in [1.29, 1.82) is 0 Å². The van der Waals surface area contributed by atoms with E-state index in [4.69, 9.17) is 13.9 Å². The predicted octanol–water partition coefficient (Wildman–Crippen LogP) is 3.94. The number of oxazole rings is 1. The van der Waals surface area contributed by atoms with E-state index in [1.165, 1.54) is 7.11 Å². The van der Waals surface area contributed by atoms with Gasteiger partial charge in [-0.15, -0.1) is 0 Å². The van der Waals surface area contributed by atoms with Crippen LogP contribution in [0, 0.1) is 0 Å². The van der Waals surface area contributed by atoms with E-state index in [1.807, 2.05) is 53.4 Å². The normalized spacial score (nSPS) is 11.2. The van der Waals surface area contributed by atoms with E-state index in [2.05, 4.69) is 10.3 Å². The molecule has 0 spiro atoms. The van der Waals surface area contributed by atoms with Crippen molar-refractivity contribution in [3.8, 4) is 17.0 Å². The van der Waals surface area contributed by atoms with Gasteiger partial charge in [0.15, 0.2) is 11.5 Å². The predicted molar refractivity (Wildman–Crippen MR) is 106 cm³/mol. The lowest BCUT2D eigenvalue weighted by molar-refractivity contribution is 0.0518. The highest BCUT2D eigenvalue weighted by molar-refractivity contribution is 5.93. The molecule has 3 rings (SSSR count). The minimum atomic E-state index is -0.623. The summed E-state index contributed by atoms with van der Waals surface area (Å²) in [6.07, 6.45) is 3.26. The molecule has 0 fully saturated rings. The first kappa shape index (κ1) is 20.2. The van der Waals surface area contributed by atoms with Gasteiger partial charge in [0.05, 0.1) is 13.7 Å². The summed E-state index contributed by atoms with van der Waals surface area (Å²) < 4.78 is 17.7. The number of esters is 1. The zero-order valence-corrected chi connectivity index (χ0v) is 16.8. The average Bonchev–Trinajstić information content (AvgIpc) is 3.34. The number of amides is 1. The lowest BCUT2D eigenvalue weighted by Crippen LogP contribution is -2.32. The van der Waals surface area contributed by atoms with Crippen molar-refractivity contribution in [3.63, 3.8) is 0 Å². The number of aromatic nitrogens is 2. The van der Waals surface area contributed by atoms with Gasteiger partial charge in [0.1, 0.15) is 5.60 Å². The van der Waals surface area contributed by atoms with E-state index < -0.39 is 17.7 Å². The molecule has 0 aliphatic carbocycles. The van der Waals surface area contributed by atoms with E-state index in [-0.39, 0.29) is 23.9 Å². The molecule has 0 saturated carbocycles. The Morgan fingerprint density at radius 1 is 1.14 bits per heavy atom. The second-order valence-corrected chi connectivity index (χ2v) is 7.27. The quantitative estimate of drug-likeness (QED) is 0.655. The zero-order valence-electron chi connectivity index (χ0n) is 16.8. The van der Waals surface area contributed by atoms with Gasteiger partial charge in [0.25, 0.3) is 0 Å². The number of benzene rings is 1. The number of hydrogen-bond donors (Lipinski definition) is 1. The number of nitrogens with zero attached hydrogens (tertiary/aromatic N) is 2. The molecule has 29 heavy (non-hydrogen) atoms. The van der Waals surface area contributed by atoms with Gasteiger partial charge in [0, 0.05) is 23.6 Å². The van der Waals surface area contributed by atoms with Crippen molar-refractivity contribution in [2.45, 2.75) is 32.9 Å². The number of rotatable bonds is 5. The molecule has 1 amide bonds. The van der Waals surface area contributed by atoms with Gasteiger partial charge < -0.3 is 23.8 Å². The minimum absolute atomic E-state index is 0.0274. The van der Waals surface area contributed by atoms with Crippen LogP contribution in [0.3, 0.4) is 0 Å². The summed E-state index contributed by atoms with van der Waals surface area (Å²) in [5.74, 6) is -0.181. The smallest absolute Gasteiger partial charge is 0.408 e. The van der Waals surface area contributed by atoms with Crippen LogP contribution in [0.1, 0.15) is 37.2 Å². The van der Waals surface area contributed by atoms with Gasteiger partial charge in [0.2, 0.25) is 5.89 Å². The van der Waals surface area contributed by atoms with E-state index in [9.17, 15) is 9.59 Å². The molecule has 0 aliphatic rings. The van der Waals surface area contributed by atoms with Gasteiger partial charge in [-0.1, -0.05) is 0 Å². The Balaban J connectivity index is 1.82. The van der Waals surface area contributed by atoms with Crippen molar-refractivity contribution < 1.29 is 23.5 Å². The van der Waals surface area contributed by atoms with Gasteiger partial charge in [-0.2, -0.15) is 0 Å². The highest BCUT2D eigenvalue weighted by atomic mass is 16.6. The third-order valence-corrected chi connectivity index (χ3v) is 3.87. The zero-order chi connectivity index (χ0) is 21.0. The summed E-state index contributed by atoms with van der Waals surface area (Å²) in [4.78, 5) is 28.2. The summed E-state index contributed by atoms with van der Waals surface area (Å²) in [5.41, 5.74) is 1.05. The molecule has 2 heterocycles. The van der Waals surface area contributed by atoms with E-state index >= 15 is 0 Å². The van der Waals surface area contributed by atoms with E-state index in [1.54, 1.807) is 20.8 Å². The van der Waals surface area contributed by atoms with Crippen molar-refractivity contribution in [2.75, 3.05) is 7.11 Å². The Kier molecular flexibility index (Phi) is 5.72. The third-order valence-electron chi connectivity index (χ3n) is 3.87. The highest BCUT2D eigenvalue weighted by Gasteiger charge is 2.23. The molecule has 152 valence electrons. The lowest BCUT2D eigenvalue weighted by atomic mass is 10.1. The Bertz CT molecular complexity index is 983. The monoisotopic (exact) mass is 397 g/mol. The Labute approximate surface area is 168 Å². The van der Waals surface area contributed by atoms with Gasteiger partial charge >= 0.3 is 12.1 Å². The maximum atomic E-state index is 12.1. The molecule has 8 nitrogen and oxygen atoms in total. The molecule has 0 bridgehead atoms. The SMILES string of the molecule is COC(=O)c1nc(CNC(=O)OC(C)(C)C)oc1-c1ccc(-n2cccc2)cc1. The molecular formula is C21H23N3O5. The number of carbonyl (C=O) groups is 2. The number of hydrogen-bond acceptors (Lipinski definition) is 6. The van der Waals surface area contributed by atoms with Crippen LogP contribution in [-0.2, 0) is 16.0 Å². The first-order valence-corrected chi connectivity index (χ1v) is 9.05. The van der Waals surface area contributed by atoms with Crippen LogP contribution < -0.4 is 5.32 Å². The molecule has 1 N–H and O–H groups in total. The van der Waals surface area contributed by atoms with Crippen LogP contribution in [0.5, 0.6) is 0 Å². The second-order valence-electron chi connectivity index (χ2n) is 7.27. The minimum Gasteiger partial charge on any atom is -0.464 e. The number of methoxy groups -OCH3 is 1. The summed E-state index contributed by atoms with van der Waals surface area (Å²) in [6.45, 7) is 5.27. The molecule has 0 atom stereocenters.